The van der Waals surface area contributed by atoms with Crippen LogP contribution in [0, 0.1) is 0 Å². The summed E-state index contributed by atoms with van der Waals surface area (Å²) in [4.78, 5) is 17.2. The van der Waals surface area contributed by atoms with E-state index < -0.39 is 0 Å². The van der Waals surface area contributed by atoms with Crippen molar-refractivity contribution in [1.29, 1.82) is 0 Å². The number of carbonyl (C=O) groups excluding carboxylic acids is 1. The van der Waals surface area contributed by atoms with Gasteiger partial charge in [0.25, 0.3) is 0 Å². The molecule has 1 aliphatic heterocycles. The minimum absolute atomic E-state index is 0.0698. The molecule has 0 atom stereocenters. The molecule has 1 aliphatic rings. The van der Waals surface area contributed by atoms with Crippen LogP contribution < -0.4 is 16.4 Å². The van der Waals surface area contributed by atoms with Gasteiger partial charge in [-0.1, -0.05) is 11.8 Å². The summed E-state index contributed by atoms with van der Waals surface area (Å²) in [5, 5.41) is 21.7. The molecule has 1 amide bonds. The molecule has 0 radical (unpaired) electrons. The molecule has 3 heterocycles. The Morgan fingerprint density at radius 1 is 1.30 bits per heavy atom. The third kappa shape index (κ3) is 3.30. The first kappa shape index (κ1) is 17.9. The number of aliphatic hydroxyl groups excluding tert-OH is 1. The van der Waals surface area contributed by atoms with E-state index in [4.69, 9.17) is 15.9 Å². The molecule has 27 heavy (non-hydrogen) atoms. The van der Waals surface area contributed by atoms with E-state index in [9.17, 15) is 4.79 Å². The van der Waals surface area contributed by atoms with Gasteiger partial charge in [-0.2, -0.15) is 5.10 Å². The lowest BCUT2D eigenvalue weighted by Gasteiger charge is -2.17. The third-order valence-electron chi connectivity index (χ3n) is 4.34. The average molecular weight is 384 g/mol. The van der Waals surface area contributed by atoms with Crippen molar-refractivity contribution in [1.82, 2.24) is 20.1 Å². The van der Waals surface area contributed by atoms with Crippen LogP contribution in [0.4, 0.5) is 5.69 Å². The Morgan fingerprint density at radius 2 is 2.19 bits per heavy atom. The van der Waals surface area contributed by atoms with Crippen molar-refractivity contribution in [2.75, 3.05) is 31.6 Å². The number of pyridine rings is 1. The highest BCUT2D eigenvalue weighted by Gasteiger charge is 2.27. The highest BCUT2D eigenvalue weighted by molar-refractivity contribution is 7.99. The zero-order chi connectivity index (χ0) is 18.8. The van der Waals surface area contributed by atoms with Gasteiger partial charge in [0, 0.05) is 35.1 Å². The highest BCUT2D eigenvalue weighted by atomic mass is 32.2. The monoisotopic (exact) mass is 384 g/mol. The van der Waals surface area contributed by atoms with E-state index in [0.717, 1.165) is 37.8 Å². The zero-order valence-corrected chi connectivity index (χ0v) is 15.4. The van der Waals surface area contributed by atoms with Crippen LogP contribution in [0.3, 0.4) is 0 Å². The summed E-state index contributed by atoms with van der Waals surface area (Å²) in [6.45, 7) is 1.96. The van der Waals surface area contributed by atoms with Crippen LogP contribution in [0.25, 0.3) is 22.2 Å². The van der Waals surface area contributed by atoms with Crippen molar-refractivity contribution in [2.24, 2.45) is 5.73 Å². The molecule has 1 aromatic carbocycles. The number of carbonyl (C=O) groups is 1. The quantitative estimate of drug-likeness (QED) is 0.352. The molecule has 2 aromatic heterocycles. The number of fused-ring (bicyclic) bond motifs is 2. The van der Waals surface area contributed by atoms with Crippen LogP contribution in [-0.4, -0.2) is 52.0 Å². The Bertz CT molecular complexity index is 1000. The minimum Gasteiger partial charge on any atom is -0.395 e. The van der Waals surface area contributed by atoms with E-state index in [1.54, 1.807) is 6.20 Å². The van der Waals surface area contributed by atoms with Crippen LogP contribution in [0.1, 0.15) is 0 Å². The molecule has 0 spiro atoms. The molecule has 0 saturated heterocycles. The normalized spacial score (nSPS) is 12.2. The fraction of sp³-hybridized carbons (Fsp3) is 0.278. The number of hydrogen-bond donors (Lipinski definition) is 4. The first-order valence-corrected chi connectivity index (χ1v) is 9.53. The second-order valence-corrected chi connectivity index (χ2v) is 7.09. The van der Waals surface area contributed by atoms with Gasteiger partial charge >= 0.3 is 0 Å². The Balaban J connectivity index is 1.82. The molecule has 0 aliphatic carbocycles. The van der Waals surface area contributed by atoms with Crippen LogP contribution in [0.2, 0.25) is 0 Å². The summed E-state index contributed by atoms with van der Waals surface area (Å²) >= 11 is 1.53. The lowest BCUT2D eigenvalue weighted by molar-refractivity contribution is -0.114. The number of aliphatic hydroxyl groups is 1. The summed E-state index contributed by atoms with van der Waals surface area (Å²) in [6, 6.07) is 7.77. The predicted molar refractivity (Wildman–Crippen MR) is 105 cm³/mol. The molecular weight excluding hydrogens is 364 g/mol. The van der Waals surface area contributed by atoms with Gasteiger partial charge in [-0.15, -0.1) is 0 Å². The Kier molecular flexibility index (Phi) is 5.08. The number of anilines is 1. The number of nitrogens with one attached hydrogen (secondary N) is 2. The van der Waals surface area contributed by atoms with Crippen molar-refractivity contribution in [2.45, 2.75) is 16.5 Å². The average Bonchev–Trinajstić information content (AvgIpc) is 3.07. The van der Waals surface area contributed by atoms with E-state index in [1.165, 1.54) is 11.8 Å². The van der Waals surface area contributed by atoms with Crippen molar-refractivity contribution in [3.05, 3.63) is 30.5 Å². The standard InChI is InChI=1S/C18H20N6O2S/c19-10-14(26)22-12-3-4-13-15-16(23-24(13)8-6-20-7-9-25)11-2-1-5-21-18(11)27-17(12)15/h1-5,20,25H,6-10,19H2,(H,22,26). The van der Waals surface area contributed by atoms with Crippen LogP contribution in [0.15, 0.2) is 40.4 Å². The van der Waals surface area contributed by atoms with Crippen LogP contribution in [-0.2, 0) is 11.3 Å². The summed E-state index contributed by atoms with van der Waals surface area (Å²) in [5.74, 6) is -0.236. The van der Waals surface area contributed by atoms with Crippen molar-refractivity contribution in [3.63, 3.8) is 0 Å². The van der Waals surface area contributed by atoms with Crippen molar-refractivity contribution >= 4 is 34.3 Å². The second-order valence-electron chi connectivity index (χ2n) is 6.09. The molecule has 4 rings (SSSR count). The zero-order valence-electron chi connectivity index (χ0n) is 14.6. The SMILES string of the molecule is NCC(=O)Nc1ccc2c3c(nn2CCNCCO)-c2cccnc2Sc13. The van der Waals surface area contributed by atoms with Gasteiger partial charge in [0.2, 0.25) is 5.91 Å². The van der Waals surface area contributed by atoms with E-state index in [1.807, 2.05) is 28.9 Å². The van der Waals surface area contributed by atoms with Gasteiger partial charge in [0.15, 0.2) is 0 Å². The lowest BCUT2D eigenvalue weighted by Crippen LogP contribution is -2.23. The van der Waals surface area contributed by atoms with Crippen LogP contribution in [0.5, 0.6) is 0 Å². The number of aromatic nitrogens is 3. The lowest BCUT2D eigenvalue weighted by atomic mass is 10.1. The molecule has 140 valence electrons. The Labute approximate surface area is 160 Å². The minimum atomic E-state index is -0.236. The first-order chi connectivity index (χ1) is 13.2. The van der Waals surface area contributed by atoms with Gasteiger partial charge < -0.3 is 21.5 Å². The van der Waals surface area contributed by atoms with Gasteiger partial charge in [0.05, 0.1) is 30.9 Å². The van der Waals surface area contributed by atoms with Crippen LogP contribution >= 0.6 is 11.8 Å². The first-order valence-electron chi connectivity index (χ1n) is 8.71. The largest absolute Gasteiger partial charge is 0.395 e. The summed E-state index contributed by atoms with van der Waals surface area (Å²) < 4.78 is 1.95. The Morgan fingerprint density at radius 3 is 3.00 bits per heavy atom. The maximum atomic E-state index is 11.8. The number of nitrogens with two attached hydrogens (primary N) is 1. The third-order valence-corrected chi connectivity index (χ3v) is 5.49. The fourth-order valence-electron chi connectivity index (χ4n) is 3.14. The predicted octanol–water partition coefficient (Wildman–Crippen LogP) is 1.04. The maximum Gasteiger partial charge on any atom is 0.238 e. The number of benzene rings is 1. The molecule has 8 nitrogen and oxygen atoms in total. The number of nitrogens with zero attached hydrogens (tertiary/aromatic N) is 3. The number of rotatable bonds is 7. The van der Waals surface area contributed by atoms with Gasteiger partial charge in [-0.3, -0.25) is 9.48 Å². The smallest absolute Gasteiger partial charge is 0.238 e. The molecule has 0 unspecified atom stereocenters. The summed E-state index contributed by atoms with van der Waals surface area (Å²) in [7, 11) is 0. The van der Waals surface area contributed by atoms with E-state index in [0.29, 0.717) is 19.6 Å². The van der Waals surface area contributed by atoms with Crippen molar-refractivity contribution in [3.8, 4) is 11.3 Å². The fourth-order valence-corrected chi connectivity index (χ4v) is 4.26. The van der Waals surface area contributed by atoms with Crippen molar-refractivity contribution < 1.29 is 9.90 Å². The maximum absolute atomic E-state index is 11.8. The molecule has 9 heteroatoms. The van der Waals surface area contributed by atoms with Gasteiger partial charge in [-0.05, 0) is 24.3 Å². The van der Waals surface area contributed by atoms with Gasteiger partial charge in [0.1, 0.15) is 10.7 Å². The topological polar surface area (TPSA) is 118 Å². The molecule has 0 saturated carbocycles. The second kappa shape index (κ2) is 7.65. The molecular formula is C18H20N6O2S. The molecule has 5 N–H and O–H groups in total. The van der Waals surface area contributed by atoms with E-state index >= 15 is 0 Å². The molecule has 3 aromatic rings. The molecule has 0 fully saturated rings. The van der Waals surface area contributed by atoms with Gasteiger partial charge in [-0.25, -0.2) is 4.98 Å². The number of amides is 1. The Hall–Kier alpha value is -2.46. The van der Waals surface area contributed by atoms with E-state index in [-0.39, 0.29) is 19.1 Å². The summed E-state index contributed by atoms with van der Waals surface area (Å²) in [5.41, 5.74) is 9.03. The van der Waals surface area contributed by atoms with E-state index in [2.05, 4.69) is 15.6 Å². The highest BCUT2D eigenvalue weighted by Crippen LogP contribution is 2.49. The number of hydrogen-bond acceptors (Lipinski definition) is 7. The summed E-state index contributed by atoms with van der Waals surface area (Å²) in [6.07, 6.45) is 1.75. The molecule has 0 bridgehead atoms.